The van der Waals surface area contributed by atoms with Gasteiger partial charge in [0.1, 0.15) is 17.7 Å². The number of methoxy groups -OCH3 is 1. The number of hydrogen-bond donors (Lipinski definition) is 1. The van der Waals surface area contributed by atoms with Crippen molar-refractivity contribution < 1.29 is 23.5 Å². The predicted molar refractivity (Wildman–Crippen MR) is 152 cm³/mol. The Labute approximate surface area is 240 Å². The fraction of sp³-hybridized carbons (Fsp3) is 0.233. The summed E-state index contributed by atoms with van der Waals surface area (Å²) < 4.78 is 27.4. The van der Waals surface area contributed by atoms with E-state index in [1.54, 1.807) is 38.2 Å². The van der Waals surface area contributed by atoms with Crippen molar-refractivity contribution in [1.82, 2.24) is 9.78 Å². The molecule has 10 heteroatoms. The molecule has 1 unspecified atom stereocenters. The van der Waals surface area contributed by atoms with E-state index in [4.69, 9.17) is 32.7 Å². The molecule has 0 radical (unpaired) electrons. The van der Waals surface area contributed by atoms with Crippen LogP contribution in [0.2, 0.25) is 10.0 Å². The molecule has 0 spiro atoms. The lowest BCUT2D eigenvalue weighted by molar-refractivity contribution is -0.143. The van der Waals surface area contributed by atoms with Crippen LogP contribution in [0.4, 0.5) is 15.0 Å². The molecule has 4 aromatic rings. The molecule has 7 nitrogen and oxygen atoms in total. The van der Waals surface area contributed by atoms with E-state index in [0.717, 1.165) is 18.4 Å². The van der Waals surface area contributed by atoms with Crippen molar-refractivity contribution in [2.75, 3.05) is 12.4 Å². The second-order valence-corrected chi connectivity index (χ2v) is 10.5. The van der Waals surface area contributed by atoms with Gasteiger partial charge in [-0.1, -0.05) is 65.7 Å². The third kappa shape index (κ3) is 5.17. The number of amides is 1. The van der Waals surface area contributed by atoms with Crippen LogP contribution >= 0.6 is 23.2 Å². The number of aryl methyl sites for hydroxylation is 1. The molecule has 0 bridgehead atoms. The molecular formula is C30H26Cl2FN3O4. The molecule has 3 aromatic carbocycles. The third-order valence-corrected chi connectivity index (χ3v) is 7.86. The average Bonchev–Trinajstić information content (AvgIpc) is 3.68. The Morgan fingerprint density at radius 1 is 1.02 bits per heavy atom. The summed E-state index contributed by atoms with van der Waals surface area (Å²) in [6.07, 6.45) is 1.54. The van der Waals surface area contributed by atoms with Crippen molar-refractivity contribution >= 4 is 41.1 Å². The molecule has 1 saturated carbocycles. The number of halogens is 3. The Bertz CT molecular complexity index is 1600. The minimum absolute atomic E-state index is 0.163. The monoisotopic (exact) mass is 581 g/mol. The molecule has 5 rings (SSSR count). The molecule has 0 saturated heterocycles. The molecule has 1 aliphatic carbocycles. The van der Waals surface area contributed by atoms with Gasteiger partial charge in [-0.25, -0.2) is 9.18 Å². The van der Waals surface area contributed by atoms with Crippen molar-refractivity contribution in [3.63, 3.8) is 0 Å². The quantitative estimate of drug-likeness (QED) is 0.226. The maximum absolute atomic E-state index is 15.5. The van der Waals surface area contributed by atoms with E-state index in [1.807, 2.05) is 24.3 Å². The van der Waals surface area contributed by atoms with Gasteiger partial charge in [0, 0.05) is 39.3 Å². The number of rotatable bonds is 7. The fourth-order valence-electron chi connectivity index (χ4n) is 4.81. The standard InChI is InChI=1S/C30H26Cl2FN3O4/c1-17(20-6-4-5-7-24(20)31)40-29(38)35-27-23(16-34-36(27)2)22-14-25(32)21(15-26(22)33)18-8-10-19(11-9-18)30(12-13-30)28(37)39-3/h4-11,14-17H,12-13H2,1-3H3,(H,35,38). The van der Waals surface area contributed by atoms with Gasteiger partial charge in [-0.3, -0.25) is 14.8 Å². The van der Waals surface area contributed by atoms with Crippen LogP contribution in [0.25, 0.3) is 22.3 Å². The zero-order valence-electron chi connectivity index (χ0n) is 22.0. The first-order chi connectivity index (χ1) is 19.1. The molecule has 1 amide bonds. The van der Waals surface area contributed by atoms with E-state index in [2.05, 4.69) is 10.4 Å². The zero-order valence-corrected chi connectivity index (χ0v) is 23.5. The summed E-state index contributed by atoms with van der Waals surface area (Å²) in [5, 5.41) is 7.63. The Hall–Kier alpha value is -3.88. The summed E-state index contributed by atoms with van der Waals surface area (Å²) in [6.45, 7) is 1.70. The molecule has 1 atom stereocenters. The van der Waals surface area contributed by atoms with Gasteiger partial charge in [0.15, 0.2) is 0 Å². The number of hydrogen-bond acceptors (Lipinski definition) is 5. The molecule has 1 aromatic heterocycles. The smallest absolute Gasteiger partial charge is 0.413 e. The fourth-order valence-corrected chi connectivity index (χ4v) is 5.37. The number of benzene rings is 3. The predicted octanol–water partition coefficient (Wildman–Crippen LogP) is 7.71. The van der Waals surface area contributed by atoms with Crippen LogP contribution in [0.15, 0.2) is 66.9 Å². The molecular weight excluding hydrogens is 556 g/mol. The highest BCUT2D eigenvalue weighted by Gasteiger charge is 2.52. The van der Waals surface area contributed by atoms with E-state index in [9.17, 15) is 9.59 Å². The molecule has 1 aliphatic rings. The lowest BCUT2D eigenvalue weighted by Gasteiger charge is -2.16. The summed E-state index contributed by atoms with van der Waals surface area (Å²) in [4.78, 5) is 24.9. The van der Waals surface area contributed by atoms with Gasteiger partial charge in [0.2, 0.25) is 0 Å². The van der Waals surface area contributed by atoms with Crippen molar-refractivity contribution in [3.8, 4) is 22.3 Å². The number of esters is 1. The van der Waals surface area contributed by atoms with Crippen LogP contribution in [0, 0.1) is 5.82 Å². The number of aromatic nitrogens is 2. The maximum Gasteiger partial charge on any atom is 0.413 e. The number of nitrogens with zero attached hydrogens (tertiary/aromatic N) is 2. The summed E-state index contributed by atoms with van der Waals surface area (Å²) >= 11 is 12.8. The summed E-state index contributed by atoms with van der Waals surface area (Å²) in [5.74, 6) is -0.566. The molecule has 0 aliphatic heterocycles. The van der Waals surface area contributed by atoms with Gasteiger partial charge in [-0.2, -0.15) is 5.10 Å². The van der Waals surface area contributed by atoms with Gasteiger partial charge in [-0.05, 0) is 49.1 Å². The number of anilines is 1. The summed E-state index contributed by atoms with van der Waals surface area (Å²) in [6, 6.07) is 17.2. The van der Waals surface area contributed by atoms with Gasteiger partial charge in [0.05, 0.1) is 18.7 Å². The maximum atomic E-state index is 15.5. The molecule has 40 heavy (non-hydrogen) atoms. The first kappa shape index (κ1) is 27.7. The Morgan fingerprint density at radius 3 is 2.38 bits per heavy atom. The van der Waals surface area contributed by atoms with Crippen LogP contribution in [0.5, 0.6) is 0 Å². The first-order valence-electron chi connectivity index (χ1n) is 12.6. The minimum atomic E-state index is -0.749. The molecule has 1 heterocycles. The van der Waals surface area contributed by atoms with Crippen molar-refractivity contribution in [2.24, 2.45) is 7.05 Å². The summed E-state index contributed by atoms with van der Waals surface area (Å²) in [7, 11) is 3.00. The van der Waals surface area contributed by atoms with E-state index in [-0.39, 0.29) is 17.4 Å². The topological polar surface area (TPSA) is 82.5 Å². The van der Waals surface area contributed by atoms with Crippen LogP contribution in [0.1, 0.15) is 37.0 Å². The summed E-state index contributed by atoms with van der Waals surface area (Å²) in [5.41, 5.74) is 2.60. The van der Waals surface area contributed by atoms with Crippen LogP contribution in [0.3, 0.4) is 0 Å². The van der Waals surface area contributed by atoms with Crippen LogP contribution < -0.4 is 5.32 Å². The normalized spacial score (nSPS) is 14.3. The van der Waals surface area contributed by atoms with Gasteiger partial charge >= 0.3 is 12.1 Å². The highest BCUT2D eigenvalue weighted by atomic mass is 35.5. The van der Waals surface area contributed by atoms with Gasteiger partial charge in [0.25, 0.3) is 0 Å². The van der Waals surface area contributed by atoms with E-state index < -0.39 is 23.4 Å². The zero-order chi connectivity index (χ0) is 28.6. The van der Waals surface area contributed by atoms with E-state index in [1.165, 1.54) is 30.1 Å². The second kappa shape index (κ2) is 10.9. The number of carbonyl (C=O) groups is 2. The van der Waals surface area contributed by atoms with Crippen molar-refractivity contribution in [1.29, 1.82) is 0 Å². The lowest BCUT2D eigenvalue weighted by Crippen LogP contribution is -2.21. The first-order valence-corrected chi connectivity index (χ1v) is 13.3. The van der Waals surface area contributed by atoms with Gasteiger partial charge < -0.3 is 9.47 Å². The number of carbonyl (C=O) groups excluding carboxylic acids is 2. The molecule has 1 N–H and O–H groups in total. The third-order valence-electron chi connectivity index (χ3n) is 7.21. The second-order valence-electron chi connectivity index (χ2n) is 9.69. The number of ether oxygens (including phenoxy) is 2. The largest absolute Gasteiger partial charge is 0.468 e. The average molecular weight is 582 g/mol. The highest BCUT2D eigenvalue weighted by molar-refractivity contribution is 6.33. The van der Waals surface area contributed by atoms with Crippen LogP contribution in [-0.4, -0.2) is 29.0 Å². The molecule has 206 valence electrons. The van der Waals surface area contributed by atoms with E-state index in [0.29, 0.717) is 32.3 Å². The van der Waals surface area contributed by atoms with Crippen LogP contribution in [-0.2, 0) is 26.7 Å². The number of nitrogens with one attached hydrogen (secondary N) is 1. The van der Waals surface area contributed by atoms with Crippen molar-refractivity contribution in [2.45, 2.75) is 31.3 Å². The Morgan fingerprint density at radius 2 is 1.73 bits per heavy atom. The van der Waals surface area contributed by atoms with E-state index >= 15 is 4.39 Å². The van der Waals surface area contributed by atoms with Crippen molar-refractivity contribution in [3.05, 3.63) is 93.8 Å². The Kier molecular flexibility index (Phi) is 7.57. The lowest BCUT2D eigenvalue weighted by atomic mass is 9.93. The Balaban J connectivity index is 1.38. The minimum Gasteiger partial charge on any atom is -0.468 e. The SMILES string of the molecule is COC(=O)C1(c2ccc(-c3cc(F)c(-c4cnn(C)c4NC(=O)OC(C)c4ccccc4Cl)cc3Cl)cc2)CC1. The van der Waals surface area contributed by atoms with Gasteiger partial charge in [-0.15, -0.1) is 0 Å². The molecule has 1 fully saturated rings. The highest BCUT2D eigenvalue weighted by Crippen LogP contribution is 2.49.